The third-order valence-corrected chi connectivity index (χ3v) is 27.8. The van der Waals surface area contributed by atoms with Crippen molar-refractivity contribution in [2.75, 3.05) is 6.61 Å². The van der Waals surface area contributed by atoms with E-state index in [0.29, 0.717) is 59.2 Å². The minimum atomic E-state index is 0.211. The molecule has 2 nitrogen and oxygen atoms in total. The molecule has 0 unspecified atom stereocenters. The Morgan fingerprint density at radius 2 is 0.755 bits per heavy atom. The Kier molecular flexibility index (Phi) is 31.2. The van der Waals surface area contributed by atoms with Crippen LogP contribution in [0.4, 0.5) is 0 Å². The standard InChI is InChI=1S/C14H19Cl.C14H18O.2C14H20.C13H18O.2C13H18.C12H16/c1-9(2)12-8-14(3,4)13-7-10(15)5-6-11(12)13;1-9(2)14-12-7-5-4-6-11(12)8-13(14)10(3)15;1-10(2)12-9-14(3,4)13-8-6-5-7-11(12)13;1-4-11-9-12-7-5-6-8-13(12)14(11)10(2)3;1-9(2)12-7-10-5-3-4-6-11(10)13(12)8-14;2*1-9(2)13-10(3)8-11-6-4-5-7-12(11)13;1-9(2)11-8-7-10-5-3-4-6-12(10)11/h5-7,9,12H,8H2,1-4H3;4-7,9,13-14H,8H2,1-3H3;5-8,10,12H,9H2,1-4H3;5-8,10-11,14H,4,9H2,1-3H3;3-6,9,12-14H,7-8H2,1-2H3;2*4-7,9-10,13H,8H2,1-3H3;3-6,9,11H,7-8H2,1-2H3/t12-;13-,14-;12-;11-,14-;12-,13-;2*10-,13-;11-/m11101001/s1. The molecule has 13 atom stereocenters. The Morgan fingerprint density at radius 3 is 1.18 bits per heavy atom. The molecule has 1 N–H and O–H groups in total. The molecule has 594 valence electrons. The molecular weight excluding hydrogens is 1350 g/mol. The lowest BCUT2D eigenvalue weighted by atomic mass is 9.81. The molecule has 0 saturated heterocycles. The second-order valence-electron chi connectivity index (χ2n) is 38.9. The van der Waals surface area contributed by atoms with Gasteiger partial charge in [-0.05, 0) is 289 Å². The van der Waals surface area contributed by atoms with Crippen LogP contribution in [0.25, 0.3) is 0 Å². The molecule has 3 heteroatoms. The molecule has 0 radical (unpaired) electrons. The van der Waals surface area contributed by atoms with Gasteiger partial charge in [-0.15, -0.1) is 0 Å². The predicted octanol–water partition coefficient (Wildman–Crippen LogP) is 29.3. The lowest BCUT2D eigenvalue weighted by Crippen LogP contribution is -2.20. The van der Waals surface area contributed by atoms with E-state index >= 15 is 0 Å². The van der Waals surface area contributed by atoms with Crippen molar-refractivity contribution in [3.8, 4) is 0 Å². The maximum absolute atomic E-state index is 11.6. The van der Waals surface area contributed by atoms with Gasteiger partial charge in [0.05, 0.1) is 6.61 Å². The first kappa shape index (κ1) is 87.6. The number of hydrogen-bond acceptors (Lipinski definition) is 2. The highest BCUT2D eigenvalue weighted by Gasteiger charge is 2.41. The summed E-state index contributed by atoms with van der Waals surface area (Å²) in [6.07, 6.45) is 12.5. The number of aryl methyl sites for hydroxylation is 1. The number of Topliss-reactive ketones (excluding diaryl/α,β-unsaturated/α-hetero) is 1. The monoisotopic (exact) mass is 1500 g/mol. The molecule has 8 aromatic rings. The summed E-state index contributed by atoms with van der Waals surface area (Å²) in [5.74, 6) is 15.0. The van der Waals surface area contributed by atoms with E-state index in [1.54, 1.807) is 62.6 Å². The lowest BCUT2D eigenvalue weighted by molar-refractivity contribution is -0.121. The average Bonchev–Trinajstić information content (AvgIpc) is 1.62. The molecule has 0 fully saturated rings. The number of carbonyl (C=O) groups is 1. The summed E-state index contributed by atoms with van der Waals surface area (Å²) in [7, 11) is 0. The van der Waals surface area contributed by atoms with Gasteiger partial charge >= 0.3 is 0 Å². The summed E-state index contributed by atoms with van der Waals surface area (Å²) in [5, 5.41) is 10.3. The molecular formula is C107H147ClO2. The van der Waals surface area contributed by atoms with Crippen molar-refractivity contribution in [3.05, 3.63) is 282 Å². The Bertz CT molecular complexity index is 4140. The van der Waals surface area contributed by atoms with E-state index < -0.39 is 0 Å². The van der Waals surface area contributed by atoms with Crippen LogP contribution in [-0.4, -0.2) is 17.5 Å². The summed E-state index contributed by atoms with van der Waals surface area (Å²) in [6.45, 7) is 55.4. The van der Waals surface area contributed by atoms with Gasteiger partial charge in [-0.1, -0.05) is 353 Å². The zero-order valence-electron chi connectivity index (χ0n) is 73.0. The van der Waals surface area contributed by atoms with Crippen LogP contribution in [0.2, 0.25) is 5.02 Å². The molecule has 0 aliphatic heterocycles. The maximum atomic E-state index is 11.6. The summed E-state index contributed by atoms with van der Waals surface area (Å²) in [6, 6.07) is 68.1. The molecule has 110 heavy (non-hydrogen) atoms. The van der Waals surface area contributed by atoms with Gasteiger partial charge in [-0.25, -0.2) is 0 Å². The molecule has 8 aliphatic carbocycles. The van der Waals surface area contributed by atoms with Crippen molar-refractivity contribution in [1.29, 1.82) is 0 Å². The largest absolute Gasteiger partial charge is 0.396 e. The number of hydrogen-bond donors (Lipinski definition) is 1. The van der Waals surface area contributed by atoms with Crippen molar-refractivity contribution >= 4 is 17.4 Å². The van der Waals surface area contributed by atoms with Crippen LogP contribution in [0.15, 0.2) is 188 Å². The number of benzene rings is 8. The van der Waals surface area contributed by atoms with E-state index in [2.05, 4.69) is 341 Å². The Morgan fingerprint density at radius 1 is 0.391 bits per heavy atom. The van der Waals surface area contributed by atoms with Crippen LogP contribution in [0.1, 0.15) is 328 Å². The van der Waals surface area contributed by atoms with E-state index in [0.717, 1.165) is 94.8 Å². The van der Waals surface area contributed by atoms with Gasteiger partial charge in [0, 0.05) is 16.9 Å². The van der Waals surface area contributed by atoms with E-state index in [9.17, 15) is 9.90 Å². The zero-order chi connectivity index (χ0) is 80.2. The molecule has 8 aromatic carbocycles. The quantitative estimate of drug-likeness (QED) is 0.140. The maximum Gasteiger partial charge on any atom is 0.133 e. The third-order valence-electron chi connectivity index (χ3n) is 27.5. The minimum Gasteiger partial charge on any atom is -0.396 e. The molecule has 0 spiro atoms. The zero-order valence-corrected chi connectivity index (χ0v) is 73.8. The van der Waals surface area contributed by atoms with Gasteiger partial charge in [0.25, 0.3) is 0 Å². The molecule has 0 amide bonds. The second kappa shape index (κ2) is 39.1. The summed E-state index contributed by atoms with van der Waals surface area (Å²) < 4.78 is 0. The molecule has 0 bridgehead atoms. The van der Waals surface area contributed by atoms with Crippen LogP contribution in [0.3, 0.4) is 0 Å². The van der Waals surface area contributed by atoms with Gasteiger partial charge in [0.2, 0.25) is 0 Å². The summed E-state index contributed by atoms with van der Waals surface area (Å²) >= 11 is 6.08. The van der Waals surface area contributed by atoms with Gasteiger partial charge in [-0.2, -0.15) is 0 Å². The van der Waals surface area contributed by atoms with Crippen molar-refractivity contribution in [3.63, 3.8) is 0 Å². The predicted molar refractivity (Wildman–Crippen MR) is 476 cm³/mol. The number of fused-ring (bicyclic) bond motifs is 8. The molecule has 8 aliphatic rings. The molecule has 0 heterocycles. The van der Waals surface area contributed by atoms with Crippen LogP contribution in [-0.2, 0) is 54.1 Å². The number of aliphatic hydroxyl groups excluding tert-OH is 1. The van der Waals surface area contributed by atoms with Crippen LogP contribution in [0.5, 0.6) is 0 Å². The van der Waals surface area contributed by atoms with Gasteiger partial charge < -0.3 is 5.11 Å². The topological polar surface area (TPSA) is 37.3 Å². The van der Waals surface area contributed by atoms with Crippen LogP contribution >= 0.6 is 11.6 Å². The first-order valence-corrected chi connectivity index (χ1v) is 44.1. The fourth-order valence-electron chi connectivity index (χ4n) is 22.1. The third kappa shape index (κ3) is 20.8. The van der Waals surface area contributed by atoms with E-state index in [-0.39, 0.29) is 11.3 Å². The Labute approximate surface area is 677 Å². The number of carbonyl (C=O) groups excluding carboxylic acids is 1. The highest BCUT2D eigenvalue weighted by atomic mass is 35.5. The number of aliphatic hydroxyl groups is 1. The normalized spacial score (nSPS) is 24.6. The fourth-order valence-corrected chi connectivity index (χ4v) is 22.2. The Hall–Kier alpha value is -6.32. The van der Waals surface area contributed by atoms with Gasteiger partial charge in [0.1, 0.15) is 5.78 Å². The molecule has 0 aromatic heterocycles. The first-order chi connectivity index (χ1) is 52.2. The molecule has 0 saturated carbocycles. The lowest BCUT2D eigenvalue weighted by Gasteiger charge is -2.22. The van der Waals surface area contributed by atoms with Crippen LogP contribution in [0, 0.1) is 76.9 Å². The minimum absolute atomic E-state index is 0.211. The fraction of sp³-hybridized carbons (Fsp3) is 0.542. The smallest absolute Gasteiger partial charge is 0.133 e. The number of ketones is 1. The second-order valence-corrected chi connectivity index (χ2v) is 39.4. The number of halogens is 1. The Balaban J connectivity index is 0.000000145. The van der Waals surface area contributed by atoms with Crippen molar-refractivity contribution in [2.45, 2.75) is 289 Å². The summed E-state index contributed by atoms with van der Waals surface area (Å²) in [4.78, 5) is 11.6. The van der Waals surface area contributed by atoms with Gasteiger partial charge in [0.15, 0.2) is 0 Å². The highest BCUT2D eigenvalue weighted by Crippen LogP contribution is 2.52. The van der Waals surface area contributed by atoms with Gasteiger partial charge in [-0.3, -0.25) is 4.79 Å². The van der Waals surface area contributed by atoms with E-state index in [4.69, 9.17) is 11.6 Å². The first-order valence-electron chi connectivity index (χ1n) is 43.7. The molecule has 16 rings (SSSR count). The summed E-state index contributed by atoms with van der Waals surface area (Å²) in [5.41, 5.74) is 25.1. The van der Waals surface area contributed by atoms with Crippen LogP contribution < -0.4 is 0 Å². The van der Waals surface area contributed by atoms with Crippen molar-refractivity contribution in [1.82, 2.24) is 0 Å². The van der Waals surface area contributed by atoms with Crippen molar-refractivity contribution in [2.24, 2.45) is 76.9 Å². The van der Waals surface area contributed by atoms with E-state index in [1.807, 2.05) is 6.07 Å². The number of rotatable bonds is 11. The van der Waals surface area contributed by atoms with E-state index in [1.165, 1.54) is 84.7 Å². The SMILES string of the molecule is CC(=O)[C@H]1Cc2ccccc2[C@H]1C(C)C.CC(C)[C@@H]1c2ccccc2C[C@@H]1C.CC(C)[C@@H]1c2ccccc2C[C@@H]1C.CC(C)[C@H]1CC(C)(C)c2cc(Cl)ccc21.CC(C)[C@H]1CC(C)(C)c2ccccc21.CC(C)[C@H]1CCc2ccccc21.CC(C)[C@H]1Cc2ccccc2[C@H]1CO.CC[C@H]1Cc2ccccc2[C@H]1C(C)C. The average molecular weight is 1500 g/mol. The highest BCUT2D eigenvalue weighted by molar-refractivity contribution is 6.30. The van der Waals surface area contributed by atoms with Crippen molar-refractivity contribution < 1.29 is 9.90 Å².